The molecule has 1 aromatic heterocycles. The van der Waals surface area contributed by atoms with E-state index in [1.807, 2.05) is 19.1 Å². The molecule has 8 heteroatoms. The maximum Gasteiger partial charge on any atom is 0.158 e. The van der Waals surface area contributed by atoms with Crippen molar-refractivity contribution < 1.29 is 9.84 Å². The predicted molar refractivity (Wildman–Crippen MR) is 137 cm³/mol. The summed E-state index contributed by atoms with van der Waals surface area (Å²) in [5, 5.41) is 37.7. The molecule has 0 bridgehead atoms. The Morgan fingerprint density at radius 3 is 2.35 bits per heavy atom. The predicted octanol–water partition coefficient (Wildman–Crippen LogP) is 6.70. The van der Waals surface area contributed by atoms with Crippen molar-refractivity contribution in [2.24, 2.45) is 10.2 Å². The van der Waals surface area contributed by atoms with Crippen molar-refractivity contribution in [1.82, 2.24) is 0 Å². The summed E-state index contributed by atoms with van der Waals surface area (Å²) in [6, 6.07) is 10.3. The highest BCUT2D eigenvalue weighted by Crippen LogP contribution is 2.36. The zero-order chi connectivity index (χ0) is 25.5. The van der Waals surface area contributed by atoms with Crippen LogP contribution < -0.4 is 4.90 Å². The lowest BCUT2D eigenvalue weighted by atomic mass is 9.97. The molecule has 7 nitrogen and oxygen atoms in total. The molecule has 1 unspecified atom stereocenters. The zero-order valence-corrected chi connectivity index (χ0v) is 22.1. The quantitative estimate of drug-likeness (QED) is 0.360. The van der Waals surface area contributed by atoms with Gasteiger partial charge in [-0.15, -0.1) is 21.6 Å². The fourth-order valence-corrected chi connectivity index (χ4v) is 4.27. The Labute approximate surface area is 207 Å². The molecule has 1 heterocycles. The Bertz CT molecular complexity index is 1100. The van der Waals surface area contributed by atoms with Crippen molar-refractivity contribution in [3.05, 3.63) is 39.8 Å². The van der Waals surface area contributed by atoms with Crippen LogP contribution in [0.2, 0.25) is 0 Å². The Morgan fingerprint density at radius 2 is 1.82 bits per heavy atom. The van der Waals surface area contributed by atoms with E-state index in [-0.39, 0.29) is 5.60 Å². The van der Waals surface area contributed by atoms with E-state index in [0.29, 0.717) is 27.6 Å². The van der Waals surface area contributed by atoms with Crippen LogP contribution in [0, 0.1) is 36.5 Å². The maximum atomic E-state index is 10.0. The van der Waals surface area contributed by atoms with Crippen LogP contribution >= 0.6 is 11.3 Å². The molecule has 1 atom stereocenters. The van der Waals surface area contributed by atoms with Gasteiger partial charge in [-0.2, -0.15) is 10.5 Å². The van der Waals surface area contributed by atoms with E-state index in [2.05, 4.69) is 54.1 Å². The van der Waals surface area contributed by atoms with E-state index in [4.69, 9.17) is 4.74 Å². The lowest BCUT2D eigenvalue weighted by molar-refractivity contribution is -0.103. The van der Waals surface area contributed by atoms with Crippen molar-refractivity contribution in [1.29, 1.82) is 10.5 Å². The fourth-order valence-electron chi connectivity index (χ4n) is 3.40. The molecule has 0 fully saturated rings. The van der Waals surface area contributed by atoms with E-state index >= 15 is 0 Å². The molecule has 0 amide bonds. The third kappa shape index (κ3) is 7.11. The minimum Gasteiger partial charge on any atom is -0.388 e. The molecule has 182 valence electrons. The summed E-state index contributed by atoms with van der Waals surface area (Å²) < 4.78 is 6.08. The lowest BCUT2D eigenvalue weighted by Gasteiger charge is -2.34. The first kappa shape index (κ1) is 27.5. The first-order chi connectivity index (χ1) is 16.0. The van der Waals surface area contributed by atoms with Crippen molar-refractivity contribution >= 4 is 27.7 Å². The molecule has 1 N–H and O–H groups in total. The smallest absolute Gasteiger partial charge is 0.158 e. The number of rotatable bonds is 11. The number of anilines is 1. The molecule has 2 rings (SSSR count). The molecule has 2 aromatic rings. The molecular formula is C26H35N5O2S. The van der Waals surface area contributed by atoms with Gasteiger partial charge in [0.25, 0.3) is 0 Å². The summed E-state index contributed by atoms with van der Waals surface area (Å²) in [5.41, 5.74) is 2.69. The van der Waals surface area contributed by atoms with Gasteiger partial charge in [-0.1, -0.05) is 6.92 Å². The van der Waals surface area contributed by atoms with E-state index in [1.165, 1.54) is 11.3 Å². The third-order valence-electron chi connectivity index (χ3n) is 5.95. The van der Waals surface area contributed by atoms with Crippen LogP contribution in [-0.2, 0) is 4.74 Å². The molecule has 0 spiro atoms. The molecule has 1 aromatic carbocycles. The summed E-state index contributed by atoms with van der Waals surface area (Å²) in [6.07, 6.45) is 1.70. The van der Waals surface area contributed by atoms with Gasteiger partial charge in [0.1, 0.15) is 17.0 Å². The maximum absolute atomic E-state index is 10.0. The van der Waals surface area contributed by atoms with Gasteiger partial charge in [0.2, 0.25) is 0 Å². The van der Waals surface area contributed by atoms with Crippen molar-refractivity contribution in [3.63, 3.8) is 0 Å². The number of nitriles is 2. The molecule has 0 aliphatic carbocycles. The Kier molecular flexibility index (Phi) is 9.35. The Morgan fingerprint density at radius 1 is 1.12 bits per heavy atom. The molecule has 0 aliphatic heterocycles. The highest BCUT2D eigenvalue weighted by atomic mass is 32.1. The van der Waals surface area contributed by atoms with Gasteiger partial charge in [-0.3, -0.25) is 0 Å². The Balaban J connectivity index is 2.16. The second-order valence-corrected chi connectivity index (χ2v) is 10.4. The van der Waals surface area contributed by atoms with Crippen LogP contribution in [0.15, 0.2) is 28.4 Å². The van der Waals surface area contributed by atoms with Crippen LogP contribution in [-0.4, -0.2) is 36.0 Å². The average molecular weight is 482 g/mol. The first-order valence-electron chi connectivity index (χ1n) is 11.5. The van der Waals surface area contributed by atoms with Gasteiger partial charge >= 0.3 is 0 Å². The number of hydrogen-bond acceptors (Lipinski definition) is 8. The number of hydrogen-bond donors (Lipinski definition) is 1. The van der Waals surface area contributed by atoms with Gasteiger partial charge in [0.15, 0.2) is 5.00 Å². The van der Waals surface area contributed by atoms with Gasteiger partial charge in [0.05, 0.1) is 29.1 Å². The highest BCUT2D eigenvalue weighted by molar-refractivity contribution is 7.16. The topological polar surface area (TPSA) is 105 Å². The number of ether oxygens (including phenoxy) is 1. The Hall–Kier alpha value is -2.78. The van der Waals surface area contributed by atoms with E-state index in [9.17, 15) is 15.6 Å². The van der Waals surface area contributed by atoms with E-state index in [0.717, 1.165) is 42.9 Å². The van der Waals surface area contributed by atoms with Gasteiger partial charge in [-0.05, 0) is 83.7 Å². The van der Waals surface area contributed by atoms with E-state index in [1.54, 1.807) is 20.8 Å². The minimum absolute atomic E-state index is 0.301. The van der Waals surface area contributed by atoms with Crippen molar-refractivity contribution in [2.45, 2.75) is 72.5 Å². The lowest BCUT2D eigenvalue weighted by Crippen LogP contribution is -2.39. The summed E-state index contributed by atoms with van der Waals surface area (Å²) in [7, 11) is 0. The molecule has 0 radical (unpaired) electrons. The molecule has 0 saturated heterocycles. The van der Waals surface area contributed by atoms with Crippen LogP contribution in [0.1, 0.15) is 69.0 Å². The number of nitrogens with zero attached hydrogens (tertiary/aromatic N) is 5. The third-order valence-corrected chi connectivity index (χ3v) is 7.03. The molecule has 34 heavy (non-hydrogen) atoms. The largest absolute Gasteiger partial charge is 0.388 e. The molecule has 0 saturated carbocycles. The number of aliphatic hydroxyl groups is 1. The number of aryl methyl sites for hydroxylation is 1. The second-order valence-electron chi connectivity index (χ2n) is 9.36. The van der Waals surface area contributed by atoms with Crippen LogP contribution in [0.4, 0.5) is 16.4 Å². The van der Waals surface area contributed by atoms with Gasteiger partial charge in [0, 0.05) is 18.8 Å². The molecule has 0 aliphatic rings. The normalized spacial score (nSPS) is 13.5. The summed E-state index contributed by atoms with van der Waals surface area (Å²) in [5.74, 6) is 0. The average Bonchev–Trinajstić information content (AvgIpc) is 3.11. The monoisotopic (exact) mass is 481 g/mol. The first-order valence-corrected chi connectivity index (χ1v) is 12.4. The van der Waals surface area contributed by atoms with Crippen LogP contribution in [0.5, 0.6) is 0 Å². The number of azo groups is 1. The second kappa shape index (κ2) is 11.6. The van der Waals surface area contributed by atoms with Crippen molar-refractivity contribution in [3.8, 4) is 12.1 Å². The van der Waals surface area contributed by atoms with Crippen LogP contribution in [0.25, 0.3) is 0 Å². The summed E-state index contributed by atoms with van der Waals surface area (Å²) >= 11 is 1.18. The summed E-state index contributed by atoms with van der Waals surface area (Å²) in [6.45, 7) is 15.6. The van der Waals surface area contributed by atoms with E-state index < -0.39 is 5.60 Å². The van der Waals surface area contributed by atoms with Crippen molar-refractivity contribution in [2.75, 3.05) is 24.6 Å². The standard InChI is InChI=1S/C26H35N5O2S/c1-8-26(7,33-17-25(5,6)32)12-13-31(9-2)20-10-11-22(18(3)14-20)29-30-24-21(15-27)19(4)23(16-28)34-24/h10-11,14,32H,8-9,12-13,17H2,1-7H3/b30-29+. The fraction of sp³-hybridized carbons (Fsp3) is 0.538. The zero-order valence-electron chi connectivity index (χ0n) is 21.3. The van der Waals surface area contributed by atoms with Gasteiger partial charge < -0.3 is 14.7 Å². The highest BCUT2D eigenvalue weighted by Gasteiger charge is 2.27. The van der Waals surface area contributed by atoms with Crippen LogP contribution in [0.3, 0.4) is 0 Å². The SMILES string of the molecule is CCN(CCC(C)(CC)OCC(C)(C)O)c1ccc(/N=N/c2sc(C#N)c(C)c2C#N)c(C)c1. The molecular weight excluding hydrogens is 446 g/mol. The van der Waals surface area contributed by atoms with Gasteiger partial charge in [-0.25, -0.2) is 0 Å². The number of thiophene rings is 1. The number of benzene rings is 1. The summed E-state index contributed by atoms with van der Waals surface area (Å²) in [4.78, 5) is 2.78. The minimum atomic E-state index is -0.853.